The number of aryl methyl sites for hydroxylation is 1. The number of nitrogens with zero attached hydrogens (tertiary/aromatic N) is 1. The Balaban J connectivity index is 2.27. The lowest BCUT2D eigenvalue weighted by atomic mass is 9.99. The largest absolute Gasteiger partial charge is 0.365 e. The van der Waals surface area contributed by atoms with Gasteiger partial charge in [-0.05, 0) is 51.9 Å². The highest BCUT2D eigenvalue weighted by atomic mass is 15.2. The Morgan fingerprint density at radius 3 is 2.69 bits per heavy atom. The number of nitrogens with one attached hydrogen (secondary N) is 1. The van der Waals surface area contributed by atoms with Gasteiger partial charge in [-0.2, -0.15) is 0 Å². The minimum atomic E-state index is 0.251. The minimum Gasteiger partial charge on any atom is -0.365 e. The lowest BCUT2D eigenvalue weighted by molar-refractivity contribution is 0.487. The molecule has 0 amide bonds. The standard InChI is InChI=1S/C14H22N2/c1-11-6-5-7-13(8-11)16-10-12(15-4)9-14(16,2)3/h5-8,12,15H,9-10H2,1-4H3. The lowest BCUT2D eigenvalue weighted by Gasteiger charge is -2.33. The summed E-state index contributed by atoms with van der Waals surface area (Å²) in [6, 6.07) is 9.40. The second-order valence-corrected chi connectivity index (χ2v) is 5.45. The predicted molar refractivity (Wildman–Crippen MR) is 70.1 cm³/mol. The van der Waals surface area contributed by atoms with E-state index in [1.807, 2.05) is 0 Å². The van der Waals surface area contributed by atoms with Crippen molar-refractivity contribution in [3.63, 3.8) is 0 Å². The first-order chi connectivity index (χ1) is 7.53. The zero-order chi connectivity index (χ0) is 11.8. The van der Waals surface area contributed by atoms with E-state index in [0.29, 0.717) is 6.04 Å². The van der Waals surface area contributed by atoms with Gasteiger partial charge in [-0.15, -0.1) is 0 Å². The Hall–Kier alpha value is -1.02. The van der Waals surface area contributed by atoms with Crippen LogP contribution in [0.5, 0.6) is 0 Å². The van der Waals surface area contributed by atoms with Crippen molar-refractivity contribution in [3.8, 4) is 0 Å². The first kappa shape index (κ1) is 11.5. The second-order valence-electron chi connectivity index (χ2n) is 5.45. The molecular formula is C14H22N2. The normalized spacial score (nSPS) is 23.8. The van der Waals surface area contributed by atoms with Crippen molar-refractivity contribution in [2.24, 2.45) is 0 Å². The monoisotopic (exact) mass is 218 g/mol. The van der Waals surface area contributed by atoms with Gasteiger partial charge in [-0.25, -0.2) is 0 Å². The van der Waals surface area contributed by atoms with Gasteiger partial charge in [-0.1, -0.05) is 12.1 Å². The maximum Gasteiger partial charge on any atom is 0.0373 e. The molecule has 2 heteroatoms. The average molecular weight is 218 g/mol. The summed E-state index contributed by atoms with van der Waals surface area (Å²) in [7, 11) is 2.06. The molecule has 88 valence electrons. The van der Waals surface area contributed by atoms with Gasteiger partial charge in [0.1, 0.15) is 0 Å². The molecule has 1 atom stereocenters. The van der Waals surface area contributed by atoms with Gasteiger partial charge >= 0.3 is 0 Å². The van der Waals surface area contributed by atoms with Crippen LogP contribution in [0.25, 0.3) is 0 Å². The number of hydrogen-bond donors (Lipinski definition) is 1. The first-order valence-corrected chi connectivity index (χ1v) is 6.04. The summed E-state index contributed by atoms with van der Waals surface area (Å²) in [5.74, 6) is 0. The molecule has 1 fully saturated rings. The summed E-state index contributed by atoms with van der Waals surface area (Å²) in [4.78, 5) is 2.52. The number of benzene rings is 1. The SMILES string of the molecule is CNC1CN(c2cccc(C)c2)C(C)(C)C1. The van der Waals surface area contributed by atoms with Crippen LogP contribution >= 0.6 is 0 Å². The van der Waals surface area contributed by atoms with Crippen LogP contribution in [0, 0.1) is 6.92 Å². The summed E-state index contributed by atoms with van der Waals surface area (Å²) in [5.41, 5.74) is 2.94. The van der Waals surface area contributed by atoms with Crippen LogP contribution in [0.15, 0.2) is 24.3 Å². The molecule has 0 aromatic heterocycles. The predicted octanol–water partition coefficient (Wildman–Crippen LogP) is 2.57. The van der Waals surface area contributed by atoms with Crippen molar-refractivity contribution >= 4 is 5.69 Å². The Morgan fingerprint density at radius 2 is 2.12 bits per heavy atom. The molecule has 2 rings (SSSR count). The highest BCUT2D eigenvalue weighted by molar-refractivity contribution is 5.52. The number of rotatable bonds is 2. The number of hydrogen-bond acceptors (Lipinski definition) is 2. The fraction of sp³-hybridized carbons (Fsp3) is 0.571. The summed E-state index contributed by atoms with van der Waals surface area (Å²) in [6.45, 7) is 7.91. The van der Waals surface area contributed by atoms with Crippen LogP contribution in [0.3, 0.4) is 0 Å². The third-order valence-electron chi connectivity index (χ3n) is 3.60. The van der Waals surface area contributed by atoms with Gasteiger partial charge in [-0.3, -0.25) is 0 Å². The Kier molecular flexibility index (Phi) is 2.94. The van der Waals surface area contributed by atoms with Crippen molar-refractivity contribution in [3.05, 3.63) is 29.8 Å². The van der Waals surface area contributed by atoms with E-state index in [9.17, 15) is 0 Å². The fourth-order valence-electron chi connectivity index (χ4n) is 2.69. The molecule has 0 saturated carbocycles. The Bertz CT molecular complexity index is 371. The topological polar surface area (TPSA) is 15.3 Å². The molecule has 1 N–H and O–H groups in total. The third kappa shape index (κ3) is 2.07. The van der Waals surface area contributed by atoms with Crippen molar-refractivity contribution in [2.75, 3.05) is 18.5 Å². The van der Waals surface area contributed by atoms with E-state index in [1.54, 1.807) is 0 Å². The van der Waals surface area contributed by atoms with Crippen molar-refractivity contribution in [2.45, 2.75) is 38.8 Å². The maximum atomic E-state index is 3.39. The zero-order valence-electron chi connectivity index (χ0n) is 10.7. The van der Waals surface area contributed by atoms with Crippen LogP contribution in [0.2, 0.25) is 0 Å². The van der Waals surface area contributed by atoms with E-state index in [1.165, 1.54) is 17.7 Å². The third-order valence-corrected chi connectivity index (χ3v) is 3.60. The molecule has 1 aliphatic heterocycles. The Labute approximate surface area is 98.7 Å². The van der Waals surface area contributed by atoms with Crippen LogP contribution in [0.4, 0.5) is 5.69 Å². The molecule has 0 bridgehead atoms. The highest BCUT2D eigenvalue weighted by Crippen LogP contribution is 2.33. The minimum absolute atomic E-state index is 0.251. The second kappa shape index (κ2) is 4.10. The van der Waals surface area contributed by atoms with Crippen LogP contribution in [0.1, 0.15) is 25.8 Å². The highest BCUT2D eigenvalue weighted by Gasteiger charge is 2.37. The lowest BCUT2D eigenvalue weighted by Crippen LogP contribution is -2.38. The molecule has 2 nitrogen and oxygen atoms in total. The van der Waals surface area contributed by atoms with E-state index in [0.717, 1.165) is 6.54 Å². The molecule has 1 unspecified atom stereocenters. The molecule has 1 aliphatic rings. The van der Waals surface area contributed by atoms with Gasteiger partial charge in [0, 0.05) is 23.8 Å². The average Bonchev–Trinajstić information content (AvgIpc) is 2.53. The molecule has 0 radical (unpaired) electrons. The molecule has 1 heterocycles. The maximum absolute atomic E-state index is 3.39. The molecular weight excluding hydrogens is 196 g/mol. The van der Waals surface area contributed by atoms with Gasteiger partial charge < -0.3 is 10.2 Å². The van der Waals surface area contributed by atoms with Gasteiger partial charge in [0.15, 0.2) is 0 Å². The molecule has 1 aromatic rings. The van der Waals surface area contributed by atoms with Crippen LogP contribution in [-0.2, 0) is 0 Å². The van der Waals surface area contributed by atoms with E-state index in [-0.39, 0.29) is 5.54 Å². The summed E-state index contributed by atoms with van der Waals surface area (Å²) < 4.78 is 0. The molecule has 0 spiro atoms. The number of anilines is 1. The van der Waals surface area contributed by atoms with Crippen molar-refractivity contribution in [1.29, 1.82) is 0 Å². The summed E-state index contributed by atoms with van der Waals surface area (Å²) in [6.07, 6.45) is 1.21. The summed E-state index contributed by atoms with van der Waals surface area (Å²) >= 11 is 0. The first-order valence-electron chi connectivity index (χ1n) is 6.04. The van der Waals surface area contributed by atoms with Crippen molar-refractivity contribution < 1.29 is 0 Å². The fourth-order valence-corrected chi connectivity index (χ4v) is 2.69. The van der Waals surface area contributed by atoms with E-state index >= 15 is 0 Å². The van der Waals surface area contributed by atoms with Gasteiger partial charge in [0.05, 0.1) is 0 Å². The van der Waals surface area contributed by atoms with E-state index in [2.05, 4.69) is 62.3 Å². The molecule has 0 aliphatic carbocycles. The quantitative estimate of drug-likeness (QED) is 0.820. The zero-order valence-corrected chi connectivity index (χ0v) is 10.7. The molecule has 16 heavy (non-hydrogen) atoms. The van der Waals surface area contributed by atoms with E-state index < -0.39 is 0 Å². The Morgan fingerprint density at radius 1 is 1.38 bits per heavy atom. The summed E-state index contributed by atoms with van der Waals surface area (Å²) in [5, 5.41) is 3.39. The van der Waals surface area contributed by atoms with Crippen molar-refractivity contribution in [1.82, 2.24) is 5.32 Å². The smallest absolute Gasteiger partial charge is 0.0373 e. The van der Waals surface area contributed by atoms with E-state index in [4.69, 9.17) is 0 Å². The van der Waals surface area contributed by atoms with Crippen LogP contribution in [-0.4, -0.2) is 25.2 Å². The molecule has 1 aromatic carbocycles. The van der Waals surface area contributed by atoms with Gasteiger partial charge in [0.2, 0.25) is 0 Å². The number of likely N-dealkylation sites (N-methyl/N-ethyl adjacent to an activating group) is 1. The van der Waals surface area contributed by atoms with Gasteiger partial charge in [0.25, 0.3) is 0 Å². The molecule has 1 saturated heterocycles. The van der Waals surface area contributed by atoms with Crippen LogP contribution < -0.4 is 10.2 Å².